The van der Waals surface area contributed by atoms with Crippen molar-refractivity contribution in [2.24, 2.45) is 0 Å². The van der Waals surface area contributed by atoms with Crippen molar-refractivity contribution in [3.8, 4) is 11.5 Å². The Morgan fingerprint density at radius 3 is 2.25 bits per heavy atom. The Hall–Kier alpha value is -2.73. The molecule has 1 aliphatic heterocycles. The molecule has 0 spiro atoms. The summed E-state index contributed by atoms with van der Waals surface area (Å²) in [5, 5.41) is 3.02. The van der Waals surface area contributed by atoms with Crippen LogP contribution in [0.3, 0.4) is 0 Å². The highest BCUT2D eigenvalue weighted by molar-refractivity contribution is 5.93. The van der Waals surface area contributed by atoms with Crippen LogP contribution in [-0.4, -0.2) is 51.8 Å². The fourth-order valence-electron chi connectivity index (χ4n) is 3.52. The minimum absolute atomic E-state index is 0.0528. The maximum Gasteiger partial charge on any atom is 0.282 e. The van der Waals surface area contributed by atoms with E-state index < -0.39 is 0 Å². The van der Waals surface area contributed by atoms with Gasteiger partial charge in [0, 0.05) is 11.4 Å². The number of amides is 1. The highest BCUT2D eigenvalue weighted by Gasteiger charge is 2.29. The number of nitrogens with one attached hydrogen (secondary N) is 2. The summed E-state index contributed by atoms with van der Waals surface area (Å²) >= 11 is 0. The average Bonchev–Trinajstić information content (AvgIpc) is 2.75. The van der Waals surface area contributed by atoms with E-state index in [1.54, 1.807) is 7.11 Å². The molecule has 1 fully saturated rings. The van der Waals surface area contributed by atoms with Crippen LogP contribution in [0.1, 0.15) is 13.8 Å². The molecule has 1 aliphatic rings. The van der Waals surface area contributed by atoms with Gasteiger partial charge in [0.25, 0.3) is 5.91 Å². The highest BCUT2D eigenvalue weighted by Crippen LogP contribution is 2.19. The molecule has 1 heterocycles. The Labute approximate surface area is 167 Å². The molecule has 0 radical (unpaired) electrons. The zero-order chi connectivity index (χ0) is 19.9. The van der Waals surface area contributed by atoms with Gasteiger partial charge in [-0.25, -0.2) is 0 Å². The Balaban J connectivity index is 1.50. The zero-order valence-electron chi connectivity index (χ0n) is 16.9. The number of rotatable bonds is 7. The number of anilines is 2. The molecule has 3 rings (SSSR count). The third kappa shape index (κ3) is 4.95. The first kappa shape index (κ1) is 20.0. The lowest BCUT2D eigenvalue weighted by molar-refractivity contribution is -0.914. The lowest BCUT2D eigenvalue weighted by Gasteiger charge is -2.36. The van der Waals surface area contributed by atoms with Crippen molar-refractivity contribution in [3.05, 3.63) is 48.5 Å². The summed E-state index contributed by atoms with van der Waals surface area (Å²) in [6.07, 6.45) is 0. The first-order valence-electron chi connectivity index (χ1n) is 9.88. The van der Waals surface area contributed by atoms with Gasteiger partial charge in [0.05, 0.1) is 39.9 Å². The molecule has 1 amide bonds. The monoisotopic (exact) mass is 384 g/mol. The van der Waals surface area contributed by atoms with Crippen molar-refractivity contribution in [3.63, 3.8) is 0 Å². The number of hydrogen-bond donors (Lipinski definition) is 2. The van der Waals surface area contributed by atoms with E-state index in [4.69, 9.17) is 9.47 Å². The predicted octanol–water partition coefficient (Wildman–Crippen LogP) is 1.83. The zero-order valence-corrected chi connectivity index (χ0v) is 16.9. The van der Waals surface area contributed by atoms with E-state index in [9.17, 15) is 4.79 Å². The van der Waals surface area contributed by atoms with E-state index in [1.165, 1.54) is 10.6 Å². The summed E-state index contributed by atoms with van der Waals surface area (Å²) in [6, 6.07) is 15.6. The first-order chi connectivity index (χ1) is 13.6. The van der Waals surface area contributed by atoms with E-state index in [0.29, 0.717) is 6.61 Å². The highest BCUT2D eigenvalue weighted by atomic mass is 16.5. The van der Waals surface area contributed by atoms with Gasteiger partial charge in [-0.2, -0.15) is 0 Å². The molecule has 2 aromatic rings. The Morgan fingerprint density at radius 2 is 1.68 bits per heavy atom. The number of carbonyl (C=O) groups is 1. The van der Waals surface area contributed by atoms with Gasteiger partial charge in [-0.15, -0.1) is 0 Å². The molecule has 0 saturated carbocycles. The molecule has 28 heavy (non-hydrogen) atoms. The van der Waals surface area contributed by atoms with E-state index >= 15 is 0 Å². The van der Waals surface area contributed by atoms with Crippen LogP contribution in [0.4, 0.5) is 11.4 Å². The second-order valence-corrected chi connectivity index (χ2v) is 7.01. The molecule has 0 aromatic heterocycles. The largest absolute Gasteiger partial charge is 0.497 e. The van der Waals surface area contributed by atoms with Crippen LogP contribution in [-0.2, 0) is 4.79 Å². The number of nitrogens with zero attached hydrogens (tertiary/aromatic N) is 1. The molecule has 2 aromatic carbocycles. The SMILES string of the molecule is CCOc1ccc(NC(=O)[C@@H](C)[NH+]2CCN(c3ccc(OC)cc3)CC2)cc1. The van der Waals surface area contributed by atoms with Crippen LogP contribution in [0.25, 0.3) is 0 Å². The predicted molar refractivity (Wildman–Crippen MR) is 112 cm³/mol. The van der Waals surface area contributed by atoms with Gasteiger partial charge in [-0.05, 0) is 62.4 Å². The minimum atomic E-state index is -0.0930. The van der Waals surface area contributed by atoms with Crippen LogP contribution in [0.15, 0.2) is 48.5 Å². The van der Waals surface area contributed by atoms with Gasteiger partial charge in [0.1, 0.15) is 11.5 Å². The quantitative estimate of drug-likeness (QED) is 0.765. The topological polar surface area (TPSA) is 55.2 Å². The second-order valence-electron chi connectivity index (χ2n) is 7.01. The smallest absolute Gasteiger partial charge is 0.282 e. The fourth-order valence-corrected chi connectivity index (χ4v) is 3.52. The van der Waals surface area contributed by atoms with Gasteiger partial charge < -0.3 is 24.6 Å². The number of methoxy groups -OCH3 is 1. The first-order valence-corrected chi connectivity index (χ1v) is 9.88. The molecular formula is C22H30N3O3+. The molecule has 0 bridgehead atoms. The molecular weight excluding hydrogens is 354 g/mol. The van der Waals surface area contributed by atoms with Crippen molar-refractivity contribution in [2.75, 3.05) is 50.1 Å². The van der Waals surface area contributed by atoms with Gasteiger partial charge in [0.2, 0.25) is 0 Å². The maximum atomic E-state index is 12.7. The van der Waals surface area contributed by atoms with E-state index in [-0.39, 0.29) is 11.9 Å². The number of piperazine rings is 1. The van der Waals surface area contributed by atoms with Crippen LogP contribution >= 0.6 is 0 Å². The normalized spacial score (nSPS) is 15.8. The number of benzene rings is 2. The molecule has 150 valence electrons. The van der Waals surface area contributed by atoms with Crippen LogP contribution in [0.2, 0.25) is 0 Å². The summed E-state index contributed by atoms with van der Waals surface area (Å²) < 4.78 is 10.7. The van der Waals surface area contributed by atoms with Crippen LogP contribution in [0, 0.1) is 0 Å². The number of quaternary nitrogens is 1. The number of ether oxygens (including phenoxy) is 2. The fraction of sp³-hybridized carbons (Fsp3) is 0.409. The Morgan fingerprint density at radius 1 is 1.07 bits per heavy atom. The molecule has 0 unspecified atom stereocenters. The summed E-state index contributed by atoms with van der Waals surface area (Å²) in [6.45, 7) is 8.32. The molecule has 6 nitrogen and oxygen atoms in total. The maximum absolute atomic E-state index is 12.7. The molecule has 6 heteroatoms. The van der Waals surface area contributed by atoms with Crippen molar-refractivity contribution >= 4 is 17.3 Å². The van der Waals surface area contributed by atoms with Crippen molar-refractivity contribution in [2.45, 2.75) is 19.9 Å². The summed E-state index contributed by atoms with van der Waals surface area (Å²) in [4.78, 5) is 16.3. The molecule has 1 saturated heterocycles. The van der Waals surface area contributed by atoms with Gasteiger partial charge in [-0.1, -0.05) is 0 Å². The standard InChI is InChI=1S/C22H29N3O3/c1-4-28-21-9-5-18(6-10-21)23-22(26)17(2)24-13-15-25(16-14-24)19-7-11-20(27-3)12-8-19/h5-12,17H,4,13-16H2,1-3H3,(H,23,26)/p+1/t17-/m1/s1. The molecule has 1 atom stereocenters. The van der Waals surface area contributed by atoms with Crippen molar-refractivity contribution in [1.29, 1.82) is 0 Å². The van der Waals surface area contributed by atoms with Crippen LogP contribution in [0.5, 0.6) is 11.5 Å². The Kier molecular flexibility index (Phi) is 6.76. The third-order valence-electron chi connectivity index (χ3n) is 5.28. The van der Waals surface area contributed by atoms with E-state index in [0.717, 1.165) is 43.4 Å². The van der Waals surface area contributed by atoms with Crippen molar-refractivity contribution in [1.82, 2.24) is 0 Å². The summed E-state index contributed by atoms with van der Waals surface area (Å²) in [5.41, 5.74) is 2.00. The number of carbonyl (C=O) groups excluding carboxylic acids is 1. The minimum Gasteiger partial charge on any atom is -0.497 e. The Bertz CT molecular complexity index is 754. The van der Waals surface area contributed by atoms with Gasteiger partial charge >= 0.3 is 0 Å². The second kappa shape index (κ2) is 9.46. The average molecular weight is 385 g/mol. The van der Waals surface area contributed by atoms with Crippen molar-refractivity contribution < 1.29 is 19.2 Å². The molecule has 0 aliphatic carbocycles. The third-order valence-corrected chi connectivity index (χ3v) is 5.28. The van der Waals surface area contributed by atoms with Gasteiger partial charge in [-0.3, -0.25) is 4.79 Å². The van der Waals surface area contributed by atoms with Gasteiger partial charge in [0.15, 0.2) is 6.04 Å². The molecule has 2 N–H and O–H groups in total. The summed E-state index contributed by atoms with van der Waals surface area (Å²) in [5.74, 6) is 1.73. The summed E-state index contributed by atoms with van der Waals surface area (Å²) in [7, 11) is 1.68. The van der Waals surface area contributed by atoms with E-state index in [2.05, 4.69) is 22.3 Å². The van der Waals surface area contributed by atoms with Crippen LogP contribution < -0.4 is 24.6 Å². The lowest BCUT2D eigenvalue weighted by atomic mass is 10.2. The number of hydrogen-bond acceptors (Lipinski definition) is 4. The van der Waals surface area contributed by atoms with E-state index in [1.807, 2.05) is 50.2 Å². The lowest BCUT2D eigenvalue weighted by Crippen LogP contribution is -3.19.